The fourth-order valence-electron chi connectivity index (χ4n) is 3.14. The van der Waals surface area contributed by atoms with Gasteiger partial charge in [-0.2, -0.15) is 0 Å². The number of benzene rings is 1. The Kier molecular flexibility index (Phi) is 6.23. The van der Waals surface area contributed by atoms with Gasteiger partial charge in [0.15, 0.2) is 0 Å². The van der Waals surface area contributed by atoms with Crippen LogP contribution in [-0.4, -0.2) is 24.0 Å². The Morgan fingerprint density at radius 1 is 1.08 bits per heavy atom. The van der Waals surface area contributed by atoms with Crippen LogP contribution >= 0.6 is 23.2 Å². The van der Waals surface area contributed by atoms with Crippen molar-refractivity contribution < 1.29 is 4.42 Å². The number of likely N-dealkylation sites (tertiary alicyclic amines) is 1. The van der Waals surface area contributed by atoms with Gasteiger partial charge in [-0.15, -0.1) is 0 Å². The van der Waals surface area contributed by atoms with Gasteiger partial charge in [0.2, 0.25) is 0 Å². The van der Waals surface area contributed by atoms with Gasteiger partial charge in [0.25, 0.3) is 0 Å². The van der Waals surface area contributed by atoms with Crippen molar-refractivity contribution in [2.75, 3.05) is 13.1 Å². The summed E-state index contributed by atoms with van der Waals surface area (Å²) in [5, 5.41) is 4.87. The van der Waals surface area contributed by atoms with Crippen molar-refractivity contribution in [1.29, 1.82) is 0 Å². The molecule has 0 aliphatic carbocycles. The first-order valence-corrected chi connectivity index (χ1v) is 9.37. The van der Waals surface area contributed by atoms with Crippen molar-refractivity contribution in [3.8, 4) is 0 Å². The number of nitrogens with zero attached hydrogens (tertiary/aromatic N) is 1. The third kappa shape index (κ3) is 4.76. The first-order chi connectivity index (χ1) is 11.6. The van der Waals surface area contributed by atoms with Gasteiger partial charge in [-0.1, -0.05) is 36.2 Å². The van der Waals surface area contributed by atoms with Crippen LogP contribution < -0.4 is 5.32 Å². The van der Waals surface area contributed by atoms with Gasteiger partial charge in [0.1, 0.15) is 11.5 Å². The van der Waals surface area contributed by atoms with Gasteiger partial charge in [-0.3, -0.25) is 4.90 Å². The summed E-state index contributed by atoms with van der Waals surface area (Å²) in [5.41, 5.74) is 1.22. The second kappa shape index (κ2) is 8.39. The highest BCUT2D eigenvalue weighted by atomic mass is 35.5. The monoisotopic (exact) mass is 366 g/mol. The second-order valence-corrected chi connectivity index (χ2v) is 7.22. The maximum absolute atomic E-state index is 6.10. The van der Waals surface area contributed by atoms with Gasteiger partial charge in [0, 0.05) is 19.0 Å². The predicted octanol–water partition coefficient (Wildman–Crippen LogP) is 4.90. The Hall–Kier alpha value is -1.00. The highest BCUT2D eigenvalue weighted by Crippen LogP contribution is 2.24. The molecule has 0 spiro atoms. The number of furan rings is 1. The zero-order valence-electron chi connectivity index (χ0n) is 14.0. The summed E-state index contributed by atoms with van der Waals surface area (Å²) in [6, 6.07) is 10.6. The number of rotatable bonds is 6. The fourth-order valence-corrected chi connectivity index (χ4v) is 3.46. The van der Waals surface area contributed by atoms with Crippen molar-refractivity contribution in [3.63, 3.8) is 0 Å². The lowest BCUT2D eigenvalue weighted by atomic mass is 10.0. The summed E-state index contributed by atoms with van der Waals surface area (Å²) >= 11 is 12.1. The highest BCUT2D eigenvalue weighted by molar-refractivity contribution is 6.42. The van der Waals surface area contributed by atoms with E-state index < -0.39 is 0 Å². The average Bonchev–Trinajstić information content (AvgIpc) is 3.06. The maximum Gasteiger partial charge on any atom is 0.117 e. The molecular weight excluding hydrogens is 343 g/mol. The van der Waals surface area contributed by atoms with E-state index in [-0.39, 0.29) is 0 Å². The normalized spacial score (nSPS) is 16.6. The van der Waals surface area contributed by atoms with Crippen LogP contribution in [0.15, 0.2) is 34.7 Å². The number of hydrogen-bond donors (Lipinski definition) is 1. The maximum atomic E-state index is 6.10. The molecule has 1 N–H and O–H groups in total. The van der Waals surface area contributed by atoms with Crippen LogP contribution in [0.2, 0.25) is 10.0 Å². The lowest BCUT2D eigenvalue weighted by Gasteiger charge is -2.32. The SMILES string of the molecule is CCc1ccc(CNC2CCN(Cc3ccc(Cl)c(Cl)c3)CC2)o1. The minimum absolute atomic E-state index is 0.560. The van der Waals surface area contributed by atoms with E-state index in [0.717, 1.165) is 57.0 Å². The summed E-state index contributed by atoms with van der Waals surface area (Å²) in [6.45, 7) is 6.05. The molecule has 0 radical (unpaired) electrons. The van der Waals surface area contributed by atoms with Gasteiger partial charge < -0.3 is 9.73 Å². The number of hydrogen-bond acceptors (Lipinski definition) is 3. The summed E-state index contributed by atoms with van der Waals surface area (Å²) in [5.74, 6) is 2.09. The van der Waals surface area contributed by atoms with Gasteiger partial charge in [0.05, 0.1) is 16.6 Å². The molecule has 0 saturated carbocycles. The molecule has 0 atom stereocenters. The molecule has 1 aromatic carbocycles. The van der Waals surface area contributed by atoms with E-state index in [2.05, 4.69) is 35.3 Å². The van der Waals surface area contributed by atoms with E-state index >= 15 is 0 Å². The quantitative estimate of drug-likeness (QED) is 0.787. The molecule has 2 heterocycles. The van der Waals surface area contributed by atoms with Crippen LogP contribution in [-0.2, 0) is 19.5 Å². The minimum atomic E-state index is 0.560. The molecule has 0 unspecified atom stereocenters. The fraction of sp³-hybridized carbons (Fsp3) is 0.474. The Balaban J connectivity index is 1.42. The Labute approximate surface area is 153 Å². The van der Waals surface area contributed by atoms with Crippen LogP contribution in [0.25, 0.3) is 0 Å². The number of aryl methyl sites for hydroxylation is 1. The van der Waals surface area contributed by atoms with E-state index in [4.69, 9.17) is 27.6 Å². The van der Waals surface area contributed by atoms with Crippen molar-refractivity contribution in [1.82, 2.24) is 10.2 Å². The molecule has 0 amide bonds. The summed E-state index contributed by atoms with van der Waals surface area (Å²) in [7, 11) is 0. The molecule has 1 fully saturated rings. The molecule has 2 aromatic rings. The molecule has 24 heavy (non-hydrogen) atoms. The molecule has 5 heteroatoms. The Morgan fingerprint density at radius 2 is 1.83 bits per heavy atom. The van der Waals surface area contributed by atoms with Crippen LogP contribution in [0, 0.1) is 0 Å². The van der Waals surface area contributed by atoms with Gasteiger partial charge in [-0.05, 0) is 55.8 Å². The molecule has 3 nitrogen and oxygen atoms in total. The molecule has 1 saturated heterocycles. The zero-order chi connectivity index (χ0) is 16.9. The van der Waals surface area contributed by atoms with Crippen molar-refractivity contribution in [3.05, 3.63) is 57.5 Å². The summed E-state index contributed by atoms with van der Waals surface area (Å²) < 4.78 is 5.75. The van der Waals surface area contributed by atoms with Crippen LogP contribution in [0.1, 0.15) is 36.8 Å². The van der Waals surface area contributed by atoms with Crippen LogP contribution in [0.3, 0.4) is 0 Å². The summed E-state index contributed by atoms with van der Waals surface area (Å²) in [4.78, 5) is 2.47. The molecule has 1 aromatic heterocycles. The van der Waals surface area contributed by atoms with Crippen molar-refractivity contribution >= 4 is 23.2 Å². The number of piperidine rings is 1. The zero-order valence-corrected chi connectivity index (χ0v) is 15.5. The third-order valence-corrected chi connectivity index (χ3v) is 5.35. The highest BCUT2D eigenvalue weighted by Gasteiger charge is 2.19. The van der Waals surface area contributed by atoms with Gasteiger partial charge in [-0.25, -0.2) is 0 Å². The molecule has 1 aliphatic heterocycles. The first kappa shape index (κ1) is 17.8. The molecule has 3 rings (SSSR count). The predicted molar refractivity (Wildman–Crippen MR) is 99.7 cm³/mol. The van der Waals surface area contributed by atoms with Crippen molar-refractivity contribution in [2.24, 2.45) is 0 Å². The molecule has 1 aliphatic rings. The lowest BCUT2D eigenvalue weighted by Crippen LogP contribution is -2.41. The van der Waals surface area contributed by atoms with E-state index in [9.17, 15) is 0 Å². The van der Waals surface area contributed by atoms with Crippen LogP contribution in [0.5, 0.6) is 0 Å². The first-order valence-electron chi connectivity index (χ1n) is 8.61. The molecule has 130 valence electrons. The Morgan fingerprint density at radius 3 is 2.50 bits per heavy atom. The largest absolute Gasteiger partial charge is 0.465 e. The molecule has 0 bridgehead atoms. The summed E-state index contributed by atoms with van der Waals surface area (Å²) in [6.07, 6.45) is 3.26. The van der Waals surface area contributed by atoms with E-state index in [1.807, 2.05) is 12.1 Å². The van der Waals surface area contributed by atoms with E-state index in [1.165, 1.54) is 5.56 Å². The van der Waals surface area contributed by atoms with E-state index in [0.29, 0.717) is 16.1 Å². The minimum Gasteiger partial charge on any atom is -0.465 e. The number of halogens is 2. The smallest absolute Gasteiger partial charge is 0.117 e. The van der Waals surface area contributed by atoms with Gasteiger partial charge >= 0.3 is 0 Å². The Bertz CT molecular complexity index is 663. The van der Waals surface area contributed by atoms with Crippen LogP contribution in [0.4, 0.5) is 0 Å². The van der Waals surface area contributed by atoms with Crippen molar-refractivity contribution in [2.45, 2.75) is 45.3 Å². The second-order valence-electron chi connectivity index (χ2n) is 6.40. The van der Waals surface area contributed by atoms with E-state index in [1.54, 1.807) is 0 Å². The lowest BCUT2D eigenvalue weighted by molar-refractivity contribution is 0.188. The average molecular weight is 367 g/mol. The number of nitrogens with one attached hydrogen (secondary N) is 1. The standard InChI is InChI=1S/C19H24Cl2N2O/c1-2-16-4-5-17(24-16)12-22-15-7-9-23(10-8-15)13-14-3-6-18(20)19(21)11-14/h3-6,11,15,22H,2,7-10,12-13H2,1H3. The topological polar surface area (TPSA) is 28.4 Å². The third-order valence-electron chi connectivity index (χ3n) is 4.61. The molecular formula is C19H24Cl2N2O.